The SMILES string of the molecule is CC(C)N(CCCl)C(=O)C12CC3CC(C)(CC(C)(C3)C1)C2. The molecule has 1 amide bonds. The van der Waals surface area contributed by atoms with Crippen molar-refractivity contribution in [1.82, 2.24) is 4.90 Å². The molecule has 0 heterocycles. The Balaban J connectivity index is 1.92. The van der Waals surface area contributed by atoms with Crippen LogP contribution in [0.2, 0.25) is 0 Å². The molecule has 0 spiro atoms. The van der Waals surface area contributed by atoms with Crippen LogP contribution in [0.3, 0.4) is 0 Å². The van der Waals surface area contributed by atoms with Crippen LogP contribution in [0.1, 0.15) is 66.2 Å². The molecule has 0 aromatic heterocycles. The minimum absolute atomic E-state index is 0.0841. The molecule has 4 aliphatic carbocycles. The Bertz CT molecular complexity index is 428. The smallest absolute Gasteiger partial charge is 0.229 e. The average molecular weight is 312 g/mol. The predicted octanol–water partition coefficient (Wildman–Crippen LogP) is 4.46. The van der Waals surface area contributed by atoms with Gasteiger partial charge in [0, 0.05) is 18.5 Å². The van der Waals surface area contributed by atoms with Crippen molar-refractivity contribution in [3.05, 3.63) is 0 Å². The molecular formula is C18H30ClNO. The highest BCUT2D eigenvalue weighted by atomic mass is 35.5. The van der Waals surface area contributed by atoms with Crippen LogP contribution >= 0.6 is 11.6 Å². The molecule has 3 heteroatoms. The minimum Gasteiger partial charge on any atom is -0.339 e. The Hall–Kier alpha value is -0.240. The number of rotatable bonds is 4. The molecule has 4 bridgehead atoms. The Labute approximate surface area is 134 Å². The summed E-state index contributed by atoms with van der Waals surface area (Å²) in [5.41, 5.74) is 0.708. The number of carbonyl (C=O) groups excluding carboxylic acids is 1. The van der Waals surface area contributed by atoms with Crippen molar-refractivity contribution in [2.45, 2.75) is 72.3 Å². The molecule has 4 aliphatic rings. The molecule has 0 aromatic rings. The number of hydrogen-bond acceptors (Lipinski definition) is 1. The highest BCUT2D eigenvalue weighted by molar-refractivity contribution is 6.18. The van der Waals surface area contributed by atoms with E-state index < -0.39 is 0 Å². The maximum absolute atomic E-state index is 13.4. The largest absolute Gasteiger partial charge is 0.339 e. The van der Waals surface area contributed by atoms with Gasteiger partial charge in [-0.15, -0.1) is 11.6 Å². The van der Waals surface area contributed by atoms with Gasteiger partial charge in [0.2, 0.25) is 5.91 Å². The molecule has 0 saturated heterocycles. The number of carbonyl (C=O) groups is 1. The van der Waals surface area contributed by atoms with Crippen LogP contribution in [0.15, 0.2) is 0 Å². The lowest BCUT2D eigenvalue weighted by molar-refractivity contribution is -0.180. The van der Waals surface area contributed by atoms with Gasteiger partial charge >= 0.3 is 0 Å². The quantitative estimate of drug-likeness (QED) is 0.702. The van der Waals surface area contributed by atoms with Gasteiger partial charge in [-0.3, -0.25) is 4.79 Å². The maximum Gasteiger partial charge on any atom is 0.229 e. The second-order valence-corrected chi connectivity index (χ2v) is 9.57. The molecule has 4 fully saturated rings. The number of nitrogens with zero attached hydrogens (tertiary/aromatic N) is 1. The fourth-order valence-corrected chi connectivity index (χ4v) is 6.86. The second-order valence-electron chi connectivity index (χ2n) is 9.19. The third-order valence-corrected chi connectivity index (χ3v) is 6.46. The number of amides is 1. The normalized spacial score (nSPS) is 44.4. The molecule has 21 heavy (non-hydrogen) atoms. The summed E-state index contributed by atoms with van der Waals surface area (Å²) < 4.78 is 0. The number of hydrogen-bond donors (Lipinski definition) is 0. The molecule has 0 N–H and O–H groups in total. The summed E-state index contributed by atoms with van der Waals surface area (Å²) in [5, 5.41) is 0. The average Bonchev–Trinajstić information content (AvgIpc) is 2.30. The van der Waals surface area contributed by atoms with Crippen molar-refractivity contribution in [2.75, 3.05) is 12.4 Å². The van der Waals surface area contributed by atoms with Gasteiger partial charge in [0.1, 0.15) is 0 Å². The van der Waals surface area contributed by atoms with Crippen LogP contribution < -0.4 is 0 Å². The Morgan fingerprint density at radius 3 is 2.14 bits per heavy atom. The van der Waals surface area contributed by atoms with E-state index in [-0.39, 0.29) is 11.5 Å². The van der Waals surface area contributed by atoms with Gasteiger partial charge in [0.15, 0.2) is 0 Å². The fourth-order valence-electron chi connectivity index (χ4n) is 6.68. The number of alkyl halides is 1. The molecule has 2 atom stereocenters. The summed E-state index contributed by atoms with van der Waals surface area (Å²) in [7, 11) is 0. The first kappa shape index (κ1) is 15.6. The third-order valence-electron chi connectivity index (χ3n) is 6.29. The first-order chi connectivity index (χ1) is 9.71. The molecule has 4 rings (SSSR count). The van der Waals surface area contributed by atoms with Crippen molar-refractivity contribution < 1.29 is 4.79 Å². The van der Waals surface area contributed by atoms with Gasteiger partial charge < -0.3 is 4.90 Å². The first-order valence-electron chi connectivity index (χ1n) is 8.58. The van der Waals surface area contributed by atoms with Crippen LogP contribution in [-0.2, 0) is 4.79 Å². The van der Waals surface area contributed by atoms with Crippen LogP contribution in [-0.4, -0.2) is 29.3 Å². The van der Waals surface area contributed by atoms with E-state index in [1.807, 2.05) is 4.90 Å². The van der Waals surface area contributed by atoms with E-state index in [9.17, 15) is 4.79 Å². The van der Waals surface area contributed by atoms with Gasteiger partial charge in [-0.05, 0) is 69.1 Å². The lowest BCUT2D eigenvalue weighted by atomic mass is 9.40. The van der Waals surface area contributed by atoms with Crippen molar-refractivity contribution >= 4 is 17.5 Å². The molecule has 2 nitrogen and oxygen atoms in total. The summed E-state index contributed by atoms with van der Waals surface area (Å²) in [5.74, 6) is 1.71. The van der Waals surface area contributed by atoms with Crippen LogP contribution in [0.5, 0.6) is 0 Å². The van der Waals surface area contributed by atoms with Gasteiger partial charge in [-0.1, -0.05) is 13.8 Å². The maximum atomic E-state index is 13.4. The Kier molecular flexibility index (Phi) is 3.63. The summed E-state index contributed by atoms with van der Waals surface area (Å²) in [6.45, 7) is 9.79. The van der Waals surface area contributed by atoms with E-state index in [1.165, 1.54) is 19.3 Å². The first-order valence-corrected chi connectivity index (χ1v) is 9.12. The standard InChI is InChI=1S/C18H30ClNO/c1-13(2)20(6-5-19)15(21)18-9-14-7-16(3,11-18)10-17(4,8-14)12-18/h13-14H,5-12H2,1-4H3. The monoisotopic (exact) mass is 311 g/mol. The van der Waals surface area contributed by atoms with E-state index in [1.54, 1.807) is 0 Å². The van der Waals surface area contributed by atoms with Crippen molar-refractivity contribution in [1.29, 1.82) is 0 Å². The molecule has 2 unspecified atom stereocenters. The fraction of sp³-hybridized carbons (Fsp3) is 0.944. The Morgan fingerprint density at radius 2 is 1.71 bits per heavy atom. The van der Waals surface area contributed by atoms with E-state index in [4.69, 9.17) is 11.6 Å². The molecule has 0 radical (unpaired) electrons. The van der Waals surface area contributed by atoms with Gasteiger partial charge in [-0.25, -0.2) is 0 Å². The van der Waals surface area contributed by atoms with Crippen molar-refractivity contribution in [2.24, 2.45) is 22.2 Å². The van der Waals surface area contributed by atoms with Crippen LogP contribution in [0.4, 0.5) is 0 Å². The molecule has 0 aromatic carbocycles. The minimum atomic E-state index is -0.0841. The zero-order valence-corrected chi connectivity index (χ0v) is 14.8. The molecule has 4 saturated carbocycles. The highest BCUT2D eigenvalue weighted by Gasteiger charge is 2.63. The van der Waals surface area contributed by atoms with E-state index in [2.05, 4.69) is 27.7 Å². The summed E-state index contributed by atoms with van der Waals surface area (Å²) in [6.07, 6.45) is 7.35. The summed E-state index contributed by atoms with van der Waals surface area (Å²) in [4.78, 5) is 15.4. The van der Waals surface area contributed by atoms with E-state index >= 15 is 0 Å². The van der Waals surface area contributed by atoms with Gasteiger partial charge in [0.05, 0.1) is 5.41 Å². The zero-order valence-electron chi connectivity index (χ0n) is 14.0. The third kappa shape index (κ3) is 2.52. The zero-order chi connectivity index (χ0) is 15.5. The lowest BCUT2D eigenvalue weighted by Crippen LogP contribution is -2.61. The van der Waals surface area contributed by atoms with Crippen molar-refractivity contribution in [3.63, 3.8) is 0 Å². The van der Waals surface area contributed by atoms with Crippen molar-refractivity contribution in [3.8, 4) is 0 Å². The van der Waals surface area contributed by atoms with Gasteiger partial charge in [0.25, 0.3) is 0 Å². The topological polar surface area (TPSA) is 20.3 Å². The lowest BCUT2D eigenvalue weighted by Gasteiger charge is -2.65. The van der Waals surface area contributed by atoms with Gasteiger partial charge in [-0.2, -0.15) is 0 Å². The van der Waals surface area contributed by atoms with Crippen LogP contribution in [0.25, 0.3) is 0 Å². The summed E-state index contributed by atoms with van der Waals surface area (Å²) in [6, 6.07) is 0.255. The molecule has 0 aliphatic heterocycles. The summed E-state index contributed by atoms with van der Waals surface area (Å²) >= 11 is 5.95. The van der Waals surface area contributed by atoms with Crippen LogP contribution in [0, 0.1) is 22.2 Å². The molecular weight excluding hydrogens is 282 g/mol. The second kappa shape index (κ2) is 4.88. The molecule has 120 valence electrons. The Morgan fingerprint density at radius 1 is 1.14 bits per heavy atom. The number of halogens is 1. The highest BCUT2D eigenvalue weighted by Crippen LogP contribution is 2.69. The predicted molar refractivity (Wildman–Crippen MR) is 87.4 cm³/mol. The van der Waals surface area contributed by atoms with E-state index in [0.717, 1.165) is 25.2 Å². The van der Waals surface area contributed by atoms with E-state index in [0.29, 0.717) is 29.2 Å².